The minimum atomic E-state index is -0.394. The quantitative estimate of drug-likeness (QED) is 0.191. The first kappa shape index (κ1) is 21.0. The van der Waals surface area contributed by atoms with Crippen LogP contribution in [0.25, 0.3) is 11.3 Å². The van der Waals surface area contributed by atoms with E-state index in [2.05, 4.69) is 20.5 Å². The Labute approximate surface area is 187 Å². The zero-order valence-electron chi connectivity index (χ0n) is 16.9. The van der Waals surface area contributed by atoms with Gasteiger partial charge in [-0.2, -0.15) is 5.10 Å². The van der Waals surface area contributed by atoms with E-state index in [9.17, 15) is 9.59 Å². The Morgan fingerprint density at radius 2 is 1.84 bits per heavy atom. The summed E-state index contributed by atoms with van der Waals surface area (Å²) in [5.41, 5.74) is 4.47. The molecule has 0 amide bonds. The van der Waals surface area contributed by atoms with E-state index in [4.69, 9.17) is 9.47 Å². The maximum atomic E-state index is 12.0. The molecule has 2 N–H and O–H groups in total. The predicted molar refractivity (Wildman–Crippen MR) is 124 cm³/mol. The number of rotatable bonds is 7. The first-order valence-electron chi connectivity index (χ1n) is 9.51. The van der Waals surface area contributed by atoms with Gasteiger partial charge in [0.1, 0.15) is 16.4 Å². The van der Waals surface area contributed by atoms with Gasteiger partial charge in [0.15, 0.2) is 0 Å². The van der Waals surface area contributed by atoms with E-state index < -0.39 is 5.97 Å². The fraction of sp³-hybridized carbons (Fsp3) is 0.0435. The number of hydrogen-bond acceptors (Lipinski definition) is 8. The number of hydrogen-bond donors (Lipinski definition) is 2. The molecule has 4 rings (SSSR count). The van der Waals surface area contributed by atoms with Gasteiger partial charge < -0.3 is 9.47 Å². The number of hydrazone groups is 1. The van der Waals surface area contributed by atoms with E-state index >= 15 is 0 Å². The third-order valence-corrected chi connectivity index (χ3v) is 5.17. The predicted octanol–water partition coefficient (Wildman–Crippen LogP) is 4.17. The van der Waals surface area contributed by atoms with Crippen LogP contribution in [0.1, 0.15) is 15.2 Å². The fourth-order valence-electron chi connectivity index (χ4n) is 2.76. The summed E-state index contributed by atoms with van der Waals surface area (Å²) in [6.07, 6.45) is 1.56. The normalized spacial score (nSPS) is 10.8. The van der Waals surface area contributed by atoms with E-state index in [0.717, 1.165) is 11.1 Å². The average Bonchev–Trinajstić information content (AvgIpc) is 3.35. The van der Waals surface area contributed by atoms with Gasteiger partial charge in [0.25, 0.3) is 5.56 Å². The monoisotopic (exact) mass is 446 g/mol. The summed E-state index contributed by atoms with van der Waals surface area (Å²) in [6.45, 7) is 0. The molecule has 0 aliphatic carbocycles. The highest BCUT2D eigenvalue weighted by Gasteiger charge is 2.09. The average molecular weight is 446 g/mol. The fourth-order valence-corrected chi connectivity index (χ4v) is 3.36. The van der Waals surface area contributed by atoms with Gasteiger partial charge in [-0.1, -0.05) is 6.07 Å². The van der Waals surface area contributed by atoms with Crippen molar-refractivity contribution in [3.8, 4) is 22.8 Å². The second kappa shape index (κ2) is 9.71. The lowest BCUT2D eigenvalue weighted by molar-refractivity contribution is 0.0740. The molecule has 0 saturated carbocycles. The molecule has 160 valence electrons. The van der Waals surface area contributed by atoms with E-state index in [1.165, 1.54) is 17.4 Å². The Hall–Kier alpha value is -4.24. The van der Waals surface area contributed by atoms with Crippen LogP contribution in [0.15, 0.2) is 82.0 Å². The number of anilines is 1. The highest BCUT2D eigenvalue weighted by atomic mass is 32.1. The molecule has 0 spiro atoms. The van der Waals surface area contributed by atoms with Gasteiger partial charge in [-0.05, 0) is 65.5 Å². The number of aromatic amines is 1. The molecule has 32 heavy (non-hydrogen) atoms. The Balaban J connectivity index is 1.40. The number of benzene rings is 2. The molecular weight excluding hydrogens is 428 g/mol. The lowest BCUT2D eigenvalue weighted by Gasteiger charge is -2.05. The molecular formula is C23H18N4O4S. The first-order chi connectivity index (χ1) is 15.6. The maximum Gasteiger partial charge on any atom is 0.353 e. The minimum absolute atomic E-state index is 0.209. The number of nitrogens with zero attached hydrogens (tertiary/aromatic N) is 2. The molecule has 9 heteroatoms. The van der Waals surface area contributed by atoms with Crippen LogP contribution in [-0.2, 0) is 0 Å². The largest absolute Gasteiger partial charge is 0.497 e. The lowest BCUT2D eigenvalue weighted by atomic mass is 10.1. The van der Waals surface area contributed by atoms with Gasteiger partial charge in [0, 0.05) is 11.6 Å². The number of methoxy groups -OCH3 is 1. The molecule has 0 radical (unpaired) electrons. The van der Waals surface area contributed by atoms with Crippen LogP contribution in [0.5, 0.6) is 11.5 Å². The van der Waals surface area contributed by atoms with Crippen LogP contribution >= 0.6 is 11.3 Å². The van der Waals surface area contributed by atoms with Gasteiger partial charge in [0.05, 0.1) is 19.0 Å². The molecule has 0 fully saturated rings. The minimum Gasteiger partial charge on any atom is -0.497 e. The van der Waals surface area contributed by atoms with E-state index in [-0.39, 0.29) is 11.5 Å². The van der Waals surface area contributed by atoms with Crippen molar-refractivity contribution in [1.29, 1.82) is 0 Å². The summed E-state index contributed by atoms with van der Waals surface area (Å²) in [5, 5.41) is 5.93. The molecule has 0 saturated heterocycles. The molecule has 4 aromatic rings. The molecule has 0 unspecified atom stereocenters. The Morgan fingerprint density at radius 1 is 1.09 bits per heavy atom. The first-order valence-corrected chi connectivity index (χ1v) is 10.4. The number of aromatic nitrogens is 2. The van der Waals surface area contributed by atoms with Crippen molar-refractivity contribution >= 4 is 29.5 Å². The summed E-state index contributed by atoms with van der Waals surface area (Å²) in [5.74, 6) is 0.969. The molecule has 8 nitrogen and oxygen atoms in total. The number of carbonyl (C=O) groups is 1. The summed E-state index contributed by atoms with van der Waals surface area (Å²) < 4.78 is 10.5. The second-order valence-electron chi connectivity index (χ2n) is 6.51. The number of esters is 1. The standard InChI is InChI=1S/C23H18N4O4S/c1-30-17-10-6-16(7-11-17)19-13-21(28)26-23(25-19)27-24-14-15-4-8-18(9-5-15)31-22(29)20-3-2-12-32-20/h2-14H,1H3,(H2,25,26,27,28)/b24-14-. The highest BCUT2D eigenvalue weighted by Crippen LogP contribution is 2.20. The number of ether oxygens (including phenoxy) is 2. The maximum absolute atomic E-state index is 12.0. The van der Waals surface area contributed by atoms with E-state index in [0.29, 0.717) is 22.1 Å². The summed E-state index contributed by atoms with van der Waals surface area (Å²) in [6, 6.07) is 19.0. The Bertz CT molecular complexity index is 1280. The Morgan fingerprint density at radius 3 is 2.53 bits per heavy atom. The number of thiophene rings is 1. The van der Waals surface area contributed by atoms with Crippen molar-refractivity contribution in [1.82, 2.24) is 9.97 Å². The van der Waals surface area contributed by atoms with Crippen molar-refractivity contribution in [2.45, 2.75) is 0 Å². The summed E-state index contributed by atoms with van der Waals surface area (Å²) in [7, 11) is 1.59. The smallest absolute Gasteiger partial charge is 0.353 e. The van der Waals surface area contributed by atoms with Gasteiger partial charge in [-0.15, -0.1) is 11.3 Å². The SMILES string of the molecule is COc1ccc(-c2cc(=O)[nH]c(N/N=C\c3ccc(OC(=O)c4cccs4)cc3)n2)cc1. The van der Waals surface area contributed by atoms with Crippen LogP contribution in [0.2, 0.25) is 0 Å². The van der Waals surface area contributed by atoms with Crippen LogP contribution in [-0.4, -0.2) is 29.3 Å². The van der Waals surface area contributed by atoms with Gasteiger partial charge in [-0.25, -0.2) is 15.2 Å². The van der Waals surface area contributed by atoms with Crippen LogP contribution in [0.3, 0.4) is 0 Å². The molecule has 2 aromatic heterocycles. The zero-order chi connectivity index (χ0) is 22.3. The Kier molecular flexibility index (Phi) is 6.38. The van der Waals surface area contributed by atoms with E-state index in [1.54, 1.807) is 61.9 Å². The van der Waals surface area contributed by atoms with Gasteiger partial charge in [0.2, 0.25) is 5.95 Å². The summed E-state index contributed by atoms with van der Waals surface area (Å²) >= 11 is 1.32. The summed E-state index contributed by atoms with van der Waals surface area (Å²) in [4.78, 5) is 31.5. The van der Waals surface area contributed by atoms with E-state index in [1.807, 2.05) is 17.5 Å². The second-order valence-corrected chi connectivity index (χ2v) is 7.46. The lowest BCUT2D eigenvalue weighted by Crippen LogP contribution is -2.10. The van der Waals surface area contributed by atoms with Crippen LogP contribution in [0, 0.1) is 0 Å². The van der Waals surface area contributed by atoms with Crippen molar-refractivity contribution < 1.29 is 14.3 Å². The number of carbonyl (C=O) groups excluding carboxylic acids is 1. The topological polar surface area (TPSA) is 106 Å². The van der Waals surface area contributed by atoms with Crippen molar-refractivity contribution in [2.75, 3.05) is 12.5 Å². The van der Waals surface area contributed by atoms with Crippen molar-refractivity contribution in [2.24, 2.45) is 5.10 Å². The molecule has 2 aromatic carbocycles. The zero-order valence-corrected chi connectivity index (χ0v) is 17.8. The van der Waals surface area contributed by atoms with Crippen LogP contribution < -0.4 is 20.5 Å². The van der Waals surface area contributed by atoms with Crippen LogP contribution in [0.4, 0.5) is 5.95 Å². The van der Waals surface area contributed by atoms with Gasteiger partial charge >= 0.3 is 5.97 Å². The third-order valence-electron chi connectivity index (χ3n) is 4.32. The number of nitrogens with one attached hydrogen (secondary N) is 2. The third kappa shape index (κ3) is 5.27. The highest BCUT2D eigenvalue weighted by molar-refractivity contribution is 7.12. The molecule has 2 heterocycles. The van der Waals surface area contributed by atoms with Crippen molar-refractivity contribution in [3.63, 3.8) is 0 Å². The van der Waals surface area contributed by atoms with Crippen molar-refractivity contribution in [3.05, 3.63) is 92.9 Å². The molecule has 0 aliphatic heterocycles. The number of H-pyrrole nitrogens is 1. The molecule has 0 aliphatic rings. The molecule has 0 bridgehead atoms. The molecule has 0 atom stereocenters. The van der Waals surface area contributed by atoms with Gasteiger partial charge in [-0.3, -0.25) is 9.78 Å².